The molecule has 0 aliphatic carbocycles. The number of benzene rings is 1. The molecule has 1 rings (SSSR count). The van der Waals surface area contributed by atoms with Gasteiger partial charge in [0.15, 0.2) is 0 Å². The first-order valence-corrected chi connectivity index (χ1v) is 8.70. The quantitative estimate of drug-likeness (QED) is 0.786. The zero-order valence-electron chi connectivity index (χ0n) is 10.9. The van der Waals surface area contributed by atoms with E-state index in [1.165, 1.54) is 9.79 Å². The Bertz CT molecular complexity index is 459. The number of hydrogen-bond donors (Lipinski definition) is 1. The van der Waals surface area contributed by atoms with Crippen molar-refractivity contribution < 1.29 is 9.90 Å². The van der Waals surface area contributed by atoms with Gasteiger partial charge in [-0.2, -0.15) is 0 Å². The van der Waals surface area contributed by atoms with Crippen molar-refractivity contribution in [3.63, 3.8) is 0 Å². The number of hydrogen-bond acceptors (Lipinski definition) is 3. The highest BCUT2D eigenvalue weighted by atomic mass is 79.9. The van der Waals surface area contributed by atoms with Gasteiger partial charge in [0.25, 0.3) is 0 Å². The molecule has 1 N–H and O–H groups in total. The van der Waals surface area contributed by atoms with Crippen molar-refractivity contribution in [2.45, 2.75) is 35.5 Å². The van der Waals surface area contributed by atoms with Crippen LogP contribution in [0.25, 0.3) is 0 Å². The van der Waals surface area contributed by atoms with Gasteiger partial charge in [0, 0.05) is 19.7 Å². The summed E-state index contributed by atoms with van der Waals surface area (Å²) < 4.78 is 1.04. The molecule has 0 saturated carbocycles. The molecule has 0 bridgehead atoms. The van der Waals surface area contributed by atoms with Crippen LogP contribution in [0.15, 0.2) is 26.4 Å². The lowest BCUT2D eigenvalue weighted by Crippen LogP contribution is -2.21. The highest BCUT2D eigenvalue weighted by molar-refractivity contribution is 9.10. The molecule has 0 heterocycles. The molecular formula is C13H17BrO2S2. The standard InChI is InChI=1S/C13H17BrO2S2/c1-13(2,7-11(15)16)8-5-9(14)12(18-4)10(6-8)17-3/h5-6H,7H2,1-4H3,(H,15,16). The average molecular weight is 349 g/mol. The highest BCUT2D eigenvalue weighted by Gasteiger charge is 2.25. The predicted molar refractivity (Wildman–Crippen MR) is 83.0 cm³/mol. The lowest BCUT2D eigenvalue weighted by Gasteiger charge is -2.25. The van der Waals surface area contributed by atoms with Gasteiger partial charge in [-0.1, -0.05) is 13.8 Å². The Labute approximate surface area is 125 Å². The summed E-state index contributed by atoms with van der Waals surface area (Å²) in [6.07, 6.45) is 4.21. The Hall–Kier alpha value is -0.130. The first kappa shape index (κ1) is 15.9. The largest absolute Gasteiger partial charge is 0.481 e. The number of aliphatic carboxylic acids is 1. The van der Waals surface area contributed by atoms with Gasteiger partial charge in [-0.3, -0.25) is 4.79 Å². The minimum absolute atomic E-state index is 0.131. The molecule has 0 amide bonds. The van der Waals surface area contributed by atoms with Gasteiger partial charge in [-0.15, -0.1) is 23.5 Å². The van der Waals surface area contributed by atoms with Crippen molar-refractivity contribution in [3.05, 3.63) is 22.2 Å². The van der Waals surface area contributed by atoms with Crippen LogP contribution in [-0.4, -0.2) is 23.6 Å². The lowest BCUT2D eigenvalue weighted by molar-refractivity contribution is -0.138. The Kier molecular flexibility index (Phi) is 5.62. The number of thioether (sulfide) groups is 2. The first-order chi connectivity index (χ1) is 8.31. The van der Waals surface area contributed by atoms with Crippen molar-refractivity contribution in [2.24, 2.45) is 0 Å². The molecule has 5 heteroatoms. The second-order valence-electron chi connectivity index (χ2n) is 4.65. The molecular weight excluding hydrogens is 332 g/mol. The van der Waals surface area contributed by atoms with Crippen LogP contribution in [0.3, 0.4) is 0 Å². The average Bonchev–Trinajstić information content (AvgIpc) is 2.26. The van der Waals surface area contributed by atoms with Crippen LogP contribution in [0.4, 0.5) is 0 Å². The molecule has 0 saturated heterocycles. The zero-order chi connectivity index (χ0) is 13.9. The smallest absolute Gasteiger partial charge is 0.304 e. The van der Waals surface area contributed by atoms with Crippen LogP contribution in [0, 0.1) is 0 Å². The summed E-state index contributed by atoms with van der Waals surface area (Å²) in [6.45, 7) is 3.93. The van der Waals surface area contributed by atoms with Crippen molar-refractivity contribution >= 4 is 45.4 Å². The maximum absolute atomic E-state index is 10.9. The Morgan fingerprint density at radius 1 is 1.33 bits per heavy atom. The second kappa shape index (κ2) is 6.35. The third-order valence-corrected chi connectivity index (χ3v) is 5.44. The number of carbonyl (C=O) groups is 1. The van der Waals surface area contributed by atoms with Crippen LogP contribution in [-0.2, 0) is 10.2 Å². The molecule has 0 unspecified atom stereocenters. The van der Waals surface area contributed by atoms with Crippen LogP contribution >= 0.6 is 39.5 Å². The molecule has 18 heavy (non-hydrogen) atoms. The van der Waals surface area contributed by atoms with Gasteiger partial charge in [-0.05, 0) is 46.1 Å². The van der Waals surface area contributed by atoms with Crippen LogP contribution in [0.5, 0.6) is 0 Å². The zero-order valence-corrected chi connectivity index (χ0v) is 14.1. The number of carboxylic acids is 1. The summed E-state index contributed by atoms with van der Waals surface area (Å²) in [5.41, 5.74) is 0.689. The summed E-state index contributed by atoms with van der Waals surface area (Å²) >= 11 is 6.96. The molecule has 2 nitrogen and oxygen atoms in total. The second-order valence-corrected chi connectivity index (χ2v) is 7.17. The van der Waals surface area contributed by atoms with Crippen LogP contribution in [0.1, 0.15) is 25.8 Å². The fourth-order valence-electron chi connectivity index (χ4n) is 1.79. The SMILES string of the molecule is CSc1cc(C(C)(C)CC(=O)O)cc(Br)c1SC. The fraction of sp³-hybridized carbons (Fsp3) is 0.462. The van der Waals surface area contributed by atoms with Crippen LogP contribution in [0.2, 0.25) is 0 Å². The first-order valence-electron chi connectivity index (χ1n) is 5.45. The third kappa shape index (κ3) is 3.68. The molecule has 0 fully saturated rings. The Morgan fingerprint density at radius 2 is 1.94 bits per heavy atom. The molecule has 100 valence electrons. The lowest BCUT2D eigenvalue weighted by atomic mass is 9.82. The topological polar surface area (TPSA) is 37.3 Å². The van der Waals surface area contributed by atoms with Gasteiger partial charge in [0.2, 0.25) is 0 Å². The van der Waals surface area contributed by atoms with Crippen molar-refractivity contribution in [3.8, 4) is 0 Å². The van der Waals surface area contributed by atoms with E-state index >= 15 is 0 Å². The van der Waals surface area contributed by atoms with Crippen molar-refractivity contribution in [1.29, 1.82) is 0 Å². The Morgan fingerprint density at radius 3 is 2.39 bits per heavy atom. The summed E-state index contributed by atoms with van der Waals surface area (Å²) in [6, 6.07) is 4.14. The van der Waals surface area contributed by atoms with Crippen LogP contribution < -0.4 is 0 Å². The molecule has 0 aliphatic rings. The summed E-state index contributed by atoms with van der Waals surface area (Å²) in [5, 5.41) is 8.99. The monoisotopic (exact) mass is 348 g/mol. The van der Waals surface area contributed by atoms with Crippen molar-refractivity contribution in [1.82, 2.24) is 0 Å². The minimum Gasteiger partial charge on any atom is -0.481 e. The van der Waals surface area contributed by atoms with Gasteiger partial charge in [0.05, 0.1) is 6.42 Å². The molecule has 0 aliphatic heterocycles. The van der Waals surface area contributed by atoms with E-state index in [2.05, 4.69) is 22.0 Å². The van der Waals surface area contributed by atoms with Gasteiger partial charge in [0.1, 0.15) is 0 Å². The molecule has 0 radical (unpaired) electrons. The number of carboxylic acid groups (broad SMARTS) is 1. The predicted octanol–water partition coefficient (Wildman–Crippen LogP) is 4.65. The summed E-state index contributed by atoms with van der Waals surface area (Å²) in [5.74, 6) is -0.768. The molecule has 0 atom stereocenters. The van der Waals surface area contributed by atoms with E-state index in [-0.39, 0.29) is 11.8 Å². The van der Waals surface area contributed by atoms with E-state index in [0.29, 0.717) is 0 Å². The highest BCUT2D eigenvalue weighted by Crippen LogP contribution is 2.39. The maximum atomic E-state index is 10.9. The van der Waals surface area contributed by atoms with E-state index < -0.39 is 5.97 Å². The minimum atomic E-state index is -0.768. The van der Waals surface area contributed by atoms with Crippen molar-refractivity contribution in [2.75, 3.05) is 12.5 Å². The van der Waals surface area contributed by atoms with E-state index in [9.17, 15) is 4.79 Å². The Balaban J connectivity index is 3.26. The van der Waals surface area contributed by atoms with E-state index in [1.807, 2.05) is 32.4 Å². The molecule has 0 spiro atoms. The van der Waals surface area contributed by atoms with E-state index in [0.717, 1.165) is 10.0 Å². The fourth-order valence-corrected chi connectivity index (χ4v) is 4.42. The third-order valence-electron chi connectivity index (χ3n) is 2.81. The molecule has 1 aromatic carbocycles. The molecule has 0 aromatic heterocycles. The van der Waals surface area contributed by atoms with E-state index in [1.54, 1.807) is 23.5 Å². The number of halogens is 1. The van der Waals surface area contributed by atoms with Gasteiger partial charge in [-0.25, -0.2) is 0 Å². The van der Waals surface area contributed by atoms with Gasteiger partial charge >= 0.3 is 5.97 Å². The maximum Gasteiger partial charge on any atom is 0.304 e. The van der Waals surface area contributed by atoms with Gasteiger partial charge < -0.3 is 5.11 Å². The summed E-state index contributed by atoms with van der Waals surface area (Å²) in [7, 11) is 0. The normalized spacial score (nSPS) is 11.6. The number of rotatable bonds is 5. The van der Waals surface area contributed by atoms with E-state index in [4.69, 9.17) is 5.11 Å². The summed E-state index contributed by atoms with van der Waals surface area (Å²) in [4.78, 5) is 13.3. The molecule has 1 aromatic rings.